The molecule has 0 fully saturated rings. The molecular formula is C11H14N4. The second-order valence-corrected chi connectivity index (χ2v) is 3.45. The summed E-state index contributed by atoms with van der Waals surface area (Å²) in [5, 5.41) is 0. The maximum Gasteiger partial charge on any atom is 0.0890 e. The highest BCUT2D eigenvalue weighted by molar-refractivity contribution is 5.73. The molecule has 4 heteroatoms. The fraction of sp³-hybridized carbons (Fsp3) is 0.273. The maximum atomic E-state index is 5.61. The molecule has 2 rings (SSSR count). The smallest absolute Gasteiger partial charge is 0.0890 e. The Balaban J connectivity index is 2.46. The predicted octanol–water partition coefficient (Wildman–Crippen LogP) is 0.631. The molecule has 0 saturated heterocycles. The van der Waals surface area contributed by atoms with Crippen LogP contribution in [0.5, 0.6) is 0 Å². The van der Waals surface area contributed by atoms with Gasteiger partial charge in [-0.3, -0.25) is 4.98 Å². The molecule has 0 atom stereocenters. The monoisotopic (exact) mass is 202 g/mol. The minimum Gasteiger partial charge on any atom is -0.330 e. The molecule has 0 saturated carbocycles. The van der Waals surface area contributed by atoms with Crippen molar-refractivity contribution in [2.24, 2.45) is 11.5 Å². The highest BCUT2D eigenvalue weighted by Gasteiger charge is 2.09. The molecule has 0 aliphatic carbocycles. The predicted molar refractivity (Wildman–Crippen MR) is 60.4 cm³/mol. The van der Waals surface area contributed by atoms with Gasteiger partial charge in [-0.2, -0.15) is 0 Å². The third-order valence-corrected chi connectivity index (χ3v) is 2.45. The number of hydrogen-bond donors (Lipinski definition) is 2. The molecule has 1 heterocycles. The second-order valence-electron chi connectivity index (χ2n) is 3.45. The van der Waals surface area contributed by atoms with Gasteiger partial charge < -0.3 is 11.5 Å². The van der Waals surface area contributed by atoms with E-state index in [0.717, 1.165) is 16.7 Å². The molecule has 15 heavy (non-hydrogen) atoms. The van der Waals surface area contributed by atoms with Gasteiger partial charge in [0.25, 0.3) is 0 Å². The van der Waals surface area contributed by atoms with Crippen molar-refractivity contribution in [3.05, 3.63) is 36.2 Å². The first-order valence-corrected chi connectivity index (χ1v) is 4.97. The molecule has 2 aromatic rings. The van der Waals surface area contributed by atoms with Gasteiger partial charge in [0.05, 0.1) is 16.7 Å². The van der Waals surface area contributed by atoms with E-state index in [-0.39, 0.29) is 5.92 Å². The minimum absolute atomic E-state index is 0.0992. The Hall–Kier alpha value is -1.52. The van der Waals surface area contributed by atoms with Crippen LogP contribution in [0, 0.1) is 0 Å². The zero-order chi connectivity index (χ0) is 10.7. The molecule has 0 aliphatic rings. The van der Waals surface area contributed by atoms with Crippen LogP contribution in [0.15, 0.2) is 30.5 Å². The minimum atomic E-state index is 0.0992. The highest BCUT2D eigenvalue weighted by Crippen LogP contribution is 2.14. The van der Waals surface area contributed by atoms with Gasteiger partial charge >= 0.3 is 0 Å². The van der Waals surface area contributed by atoms with Crippen LogP contribution in [0.3, 0.4) is 0 Å². The summed E-state index contributed by atoms with van der Waals surface area (Å²) in [6.45, 7) is 1.01. The van der Waals surface area contributed by atoms with Crippen molar-refractivity contribution in [2.75, 3.05) is 13.1 Å². The van der Waals surface area contributed by atoms with E-state index in [1.807, 2.05) is 24.3 Å². The lowest BCUT2D eigenvalue weighted by Crippen LogP contribution is -2.22. The van der Waals surface area contributed by atoms with Crippen molar-refractivity contribution in [1.29, 1.82) is 0 Å². The fourth-order valence-corrected chi connectivity index (χ4v) is 1.51. The van der Waals surface area contributed by atoms with Crippen molar-refractivity contribution in [3.63, 3.8) is 0 Å². The zero-order valence-corrected chi connectivity index (χ0v) is 8.43. The number of hydrogen-bond acceptors (Lipinski definition) is 4. The van der Waals surface area contributed by atoms with Crippen LogP contribution in [0.1, 0.15) is 11.6 Å². The van der Waals surface area contributed by atoms with Gasteiger partial charge in [0, 0.05) is 25.2 Å². The van der Waals surface area contributed by atoms with Gasteiger partial charge in [-0.25, -0.2) is 4.98 Å². The van der Waals surface area contributed by atoms with Crippen LogP contribution < -0.4 is 11.5 Å². The van der Waals surface area contributed by atoms with E-state index in [1.54, 1.807) is 6.20 Å². The summed E-state index contributed by atoms with van der Waals surface area (Å²) in [4.78, 5) is 8.82. The number of para-hydroxylation sites is 2. The number of nitrogens with two attached hydrogens (primary N) is 2. The average molecular weight is 202 g/mol. The van der Waals surface area contributed by atoms with Gasteiger partial charge in [-0.1, -0.05) is 12.1 Å². The Bertz CT molecular complexity index is 451. The van der Waals surface area contributed by atoms with Crippen molar-refractivity contribution in [1.82, 2.24) is 9.97 Å². The SMILES string of the molecule is NCC(CN)c1cnc2ccccc2n1. The van der Waals surface area contributed by atoms with Crippen LogP contribution in [0.4, 0.5) is 0 Å². The molecule has 0 radical (unpaired) electrons. The van der Waals surface area contributed by atoms with Crippen molar-refractivity contribution in [3.8, 4) is 0 Å². The topological polar surface area (TPSA) is 77.8 Å². The van der Waals surface area contributed by atoms with Crippen molar-refractivity contribution in [2.45, 2.75) is 5.92 Å². The molecule has 4 nitrogen and oxygen atoms in total. The molecule has 0 amide bonds. The zero-order valence-electron chi connectivity index (χ0n) is 8.43. The third kappa shape index (κ3) is 1.95. The van der Waals surface area contributed by atoms with Crippen molar-refractivity contribution < 1.29 is 0 Å². The second kappa shape index (κ2) is 4.33. The summed E-state index contributed by atoms with van der Waals surface area (Å²) in [5.74, 6) is 0.0992. The Morgan fingerprint density at radius 2 is 1.73 bits per heavy atom. The quantitative estimate of drug-likeness (QED) is 0.765. The molecule has 0 spiro atoms. The average Bonchev–Trinajstić information content (AvgIpc) is 2.30. The maximum absolute atomic E-state index is 5.61. The van der Waals surface area contributed by atoms with E-state index in [0.29, 0.717) is 13.1 Å². The lowest BCUT2D eigenvalue weighted by molar-refractivity contribution is 0.686. The standard InChI is InChI=1S/C11H14N4/c12-5-8(6-13)11-7-14-9-3-1-2-4-10(9)15-11/h1-4,7-8H,5-6,12-13H2. The van der Waals surface area contributed by atoms with Gasteiger partial charge in [0.15, 0.2) is 0 Å². The van der Waals surface area contributed by atoms with Crippen LogP contribution in [0.25, 0.3) is 11.0 Å². The first kappa shape index (κ1) is 10.0. The number of benzene rings is 1. The lowest BCUT2D eigenvalue weighted by atomic mass is 10.1. The van der Waals surface area contributed by atoms with Crippen LogP contribution in [0.2, 0.25) is 0 Å². The third-order valence-electron chi connectivity index (χ3n) is 2.45. The number of aromatic nitrogens is 2. The Labute approximate surface area is 88.3 Å². The summed E-state index contributed by atoms with van der Waals surface area (Å²) in [5.41, 5.74) is 13.9. The van der Waals surface area contributed by atoms with E-state index in [9.17, 15) is 0 Å². The Morgan fingerprint density at radius 1 is 1.07 bits per heavy atom. The number of rotatable bonds is 3. The largest absolute Gasteiger partial charge is 0.330 e. The van der Waals surface area contributed by atoms with Crippen molar-refractivity contribution >= 4 is 11.0 Å². The van der Waals surface area contributed by atoms with Gasteiger partial charge in [-0.15, -0.1) is 0 Å². The van der Waals surface area contributed by atoms with E-state index in [1.165, 1.54) is 0 Å². The Morgan fingerprint density at radius 3 is 2.40 bits per heavy atom. The van der Waals surface area contributed by atoms with Gasteiger partial charge in [0.1, 0.15) is 0 Å². The summed E-state index contributed by atoms with van der Waals surface area (Å²) in [6, 6.07) is 7.77. The Kier molecular flexibility index (Phi) is 2.89. The molecule has 78 valence electrons. The normalized spacial score (nSPS) is 11.1. The van der Waals surface area contributed by atoms with Crippen LogP contribution >= 0.6 is 0 Å². The molecule has 1 aromatic heterocycles. The molecular weight excluding hydrogens is 188 g/mol. The molecule has 0 bridgehead atoms. The number of nitrogens with zero attached hydrogens (tertiary/aromatic N) is 2. The highest BCUT2D eigenvalue weighted by atomic mass is 14.8. The first-order valence-electron chi connectivity index (χ1n) is 4.97. The van der Waals surface area contributed by atoms with Crippen LogP contribution in [-0.4, -0.2) is 23.1 Å². The van der Waals surface area contributed by atoms with Gasteiger partial charge in [-0.05, 0) is 12.1 Å². The molecule has 1 aromatic carbocycles. The summed E-state index contributed by atoms with van der Waals surface area (Å²) < 4.78 is 0. The first-order chi connectivity index (χ1) is 7.35. The summed E-state index contributed by atoms with van der Waals surface area (Å²) >= 11 is 0. The van der Waals surface area contributed by atoms with Crippen LogP contribution in [-0.2, 0) is 0 Å². The molecule has 0 aliphatic heterocycles. The molecule has 4 N–H and O–H groups in total. The lowest BCUT2D eigenvalue weighted by Gasteiger charge is -2.11. The van der Waals surface area contributed by atoms with Gasteiger partial charge in [0.2, 0.25) is 0 Å². The van der Waals surface area contributed by atoms with E-state index < -0.39 is 0 Å². The number of fused-ring (bicyclic) bond motifs is 1. The van der Waals surface area contributed by atoms with E-state index in [2.05, 4.69) is 9.97 Å². The summed E-state index contributed by atoms with van der Waals surface area (Å²) in [7, 11) is 0. The summed E-state index contributed by atoms with van der Waals surface area (Å²) in [6.07, 6.45) is 1.76. The fourth-order valence-electron chi connectivity index (χ4n) is 1.51. The van der Waals surface area contributed by atoms with E-state index in [4.69, 9.17) is 11.5 Å². The molecule has 0 unspecified atom stereocenters. The van der Waals surface area contributed by atoms with E-state index >= 15 is 0 Å².